The first-order valence-electron chi connectivity index (χ1n) is 5.26. The van der Waals surface area contributed by atoms with Gasteiger partial charge >= 0.3 is 0 Å². The fourth-order valence-electron chi connectivity index (χ4n) is 1.69. The number of aromatic nitrogens is 2. The third kappa shape index (κ3) is 2.44. The molecular formula is C11H8ClN3O2S2. The fraction of sp³-hybridized carbons (Fsp3) is 0. The zero-order valence-electron chi connectivity index (χ0n) is 9.42. The van der Waals surface area contributed by atoms with Crippen LogP contribution in [0.4, 0.5) is 5.69 Å². The van der Waals surface area contributed by atoms with Gasteiger partial charge in [0.25, 0.3) is 10.0 Å². The molecule has 3 rings (SSSR count). The fourth-order valence-corrected chi connectivity index (χ4v) is 4.03. The van der Waals surface area contributed by atoms with Crippen LogP contribution < -0.4 is 4.72 Å². The van der Waals surface area contributed by atoms with Gasteiger partial charge in [-0.3, -0.25) is 4.72 Å². The molecule has 0 radical (unpaired) electrons. The molecule has 0 spiro atoms. The molecule has 0 bridgehead atoms. The summed E-state index contributed by atoms with van der Waals surface area (Å²) in [6.07, 6.45) is 3.04. The van der Waals surface area contributed by atoms with E-state index in [2.05, 4.69) is 14.7 Å². The maximum Gasteiger partial charge on any atom is 0.273 e. The summed E-state index contributed by atoms with van der Waals surface area (Å²) in [6.45, 7) is 0. The van der Waals surface area contributed by atoms with E-state index in [1.54, 1.807) is 18.3 Å². The zero-order valence-corrected chi connectivity index (χ0v) is 11.8. The third-order valence-corrected chi connectivity index (χ3v) is 5.48. The van der Waals surface area contributed by atoms with Gasteiger partial charge in [-0.2, -0.15) is 0 Å². The molecule has 0 fully saturated rings. The average molecular weight is 314 g/mol. The first-order chi connectivity index (χ1) is 9.04. The molecule has 0 aliphatic carbocycles. The lowest BCUT2D eigenvalue weighted by atomic mass is 10.2. The molecule has 0 atom stereocenters. The van der Waals surface area contributed by atoms with Crippen molar-refractivity contribution in [2.24, 2.45) is 0 Å². The molecule has 0 unspecified atom stereocenters. The van der Waals surface area contributed by atoms with Crippen LogP contribution in [-0.2, 0) is 10.0 Å². The molecule has 3 aromatic rings. The molecule has 5 nitrogen and oxygen atoms in total. The second-order valence-corrected chi connectivity index (χ2v) is 7.34. The highest BCUT2D eigenvalue weighted by Gasteiger charge is 2.17. The van der Waals surface area contributed by atoms with Gasteiger partial charge in [0.05, 0.1) is 6.20 Å². The van der Waals surface area contributed by atoms with Gasteiger partial charge in [0.1, 0.15) is 0 Å². The van der Waals surface area contributed by atoms with Gasteiger partial charge in [-0.15, -0.1) is 0 Å². The number of thiazole rings is 1. The summed E-state index contributed by atoms with van der Waals surface area (Å²) in [7, 11) is -3.63. The highest BCUT2D eigenvalue weighted by atomic mass is 35.5. The van der Waals surface area contributed by atoms with E-state index in [0.717, 1.165) is 22.2 Å². The van der Waals surface area contributed by atoms with E-state index in [4.69, 9.17) is 11.6 Å². The Kier molecular flexibility index (Phi) is 2.96. The molecule has 0 amide bonds. The summed E-state index contributed by atoms with van der Waals surface area (Å²) < 4.78 is 26.9. The summed E-state index contributed by atoms with van der Waals surface area (Å²) >= 11 is 6.56. The van der Waals surface area contributed by atoms with E-state index in [-0.39, 0.29) is 8.68 Å². The van der Waals surface area contributed by atoms with Gasteiger partial charge in [0.2, 0.25) is 0 Å². The van der Waals surface area contributed by atoms with Crippen LogP contribution in [0.1, 0.15) is 0 Å². The zero-order chi connectivity index (χ0) is 13.5. The van der Waals surface area contributed by atoms with Gasteiger partial charge in [0.15, 0.2) is 8.68 Å². The van der Waals surface area contributed by atoms with Crippen LogP contribution in [0.15, 0.2) is 40.9 Å². The van der Waals surface area contributed by atoms with Crippen molar-refractivity contribution in [2.75, 3.05) is 4.72 Å². The quantitative estimate of drug-likeness (QED) is 0.780. The molecule has 0 aliphatic heterocycles. The maximum absolute atomic E-state index is 12.1. The van der Waals surface area contributed by atoms with E-state index >= 15 is 0 Å². The number of anilines is 1. The molecule has 2 aromatic heterocycles. The Morgan fingerprint density at radius 3 is 2.89 bits per heavy atom. The Morgan fingerprint density at radius 2 is 2.16 bits per heavy atom. The predicted octanol–water partition coefficient (Wildman–Crippen LogP) is 3.08. The number of nitrogens with zero attached hydrogens (tertiary/aromatic N) is 1. The molecule has 19 heavy (non-hydrogen) atoms. The lowest BCUT2D eigenvalue weighted by Crippen LogP contribution is -2.11. The Labute approximate surface area is 118 Å². The van der Waals surface area contributed by atoms with Gasteiger partial charge < -0.3 is 4.98 Å². The largest absolute Gasteiger partial charge is 0.361 e. The highest BCUT2D eigenvalue weighted by Crippen LogP contribution is 2.25. The number of halogens is 1. The maximum atomic E-state index is 12.1. The van der Waals surface area contributed by atoms with Gasteiger partial charge in [-0.25, -0.2) is 13.4 Å². The Bertz CT molecular complexity index is 838. The first kappa shape index (κ1) is 12.5. The summed E-state index contributed by atoms with van der Waals surface area (Å²) in [4.78, 5) is 6.77. The monoisotopic (exact) mass is 313 g/mol. The molecule has 8 heteroatoms. The Morgan fingerprint density at radius 1 is 1.32 bits per heavy atom. The normalized spacial score (nSPS) is 11.8. The minimum Gasteiger partial charge on any atom is -0.361 e. The number of hydrogen-bond donors (Lipinski definition) is 2. The van der Waals surface area contributed by atoms with E-state index in [9.17, 15) is 8.42 Å². The molecule has 1 aromatic carbocycles. The smallest absolute Gasteiger partial charge is 0.273 e. The molecule has 0 saturated carbocycles. The van der Waals surface area contributed by atoms with Crippen LogP contribution in [0.5, 0.6) is 0 Å². The first-order valence-corrected chi connectivity index (χ1v) is 7.94. The van der Waals surface area contributed by atoms with E-state index < -0.39 is 10.0 Å². The summed E-state index contributed by atoms with van der Waals surface area (Å²) in [6, 6.07) is 7.13. The van der Waals surface area contributed by atoms with E-state index in [1.165, 1.54) is 6.20 Å². The number of benzene rings is 1. The average Bonchev–Trinajstić information content (AvgIpc) is 2.96. The summed E-state index contributed by atoms with van der Waals surface area (Å²) in [5.41, 5.74) is 1.44. The molecule has 2 heterocycles. The van der Waals surface area contributed by atoms with Gasteiger partial charge in [-0.05, 0) is 24.3 Å². The highest BCUT2D eigenvalue weighted by molar-refractivity contribution is 7.94. The number of hydrogen-bond acceptors (Lipinski definition) is 4. The molecule has 2 N–H and O–H groups in total. The second-order valence-electron chi connectivity index (χ2n) is 3.82. The predicted molar refractivity (Wildman–Crippen MR) is 76.2 cm³/mol. The minimum absolute atomic E-state index is 0.0895. The van der Waals surface area contributed by atoms with Crippen molar-refractivity contribution in [1.82, 2.24) is 9.97 Å². The van der Waals surface area contributed by atoms with Crippen LogP contribution in [0.25, 0.3) is 10.9 Å². The lowest BCUT2D eigenvalue weighted by Gasteiger charge is -2.05. The molecular weight excluding hydrogens is 306 g/mol. The van der Waals surface area contributed by atoms with Crippen molar-refractivity contribution >= 4 is 49.6 Å². The number of fused-ring (bicyclic) bond motifs is 1. The Balaban J connectivity index is 1.95. The number of H-pyrrole nitrogens is 1. The molecule has 0 saturated heterocycles. The molecule has 0 aliphatic rings. The van der Waals surface area contributed by atoms with Crippen molar-refractivity contribution in [1.29, 1.82) is 0 Å². The number of sulfonamides is 1. The van der Waals surface area contributed by atoms with Crippen molar-refractivity contribution in [3.8, 4) is 0 Å². The van der Waals surface area contributed by atoms with Crippen LogP contribution >= 0.6 is 22.9 Å². The topological polar surface area (TPSA) is 74.8 Å². The van der Waals surface area contributed by atoms with Crippen LogP contribution in [-0.4, -0.2) is 18.4 Å². The Hall–Kier alpha value is -1.57. The molecule has 98 valence electrons. The van der Waals surface area contributed by atoms with Crippen LogP contribution in [0.3, 0.4) is 0 Å². The van der Waals surface area contributed by atoms with Crippen molar-refractivity contribution in [2.45, 2.75) is 4.21 Å². The second kappa shape index (κ2) is 4.52. The van der Waals surface area contributed by atoms with E-state index in [0.29, 0.717) is 5.69 Å². The summed E-state index contributed by atoms with van der Waals surface area (Å²) in [5.74, 6) is 0. The van der Waals surface area contributed by atoms with Crippen molar-refractivity contribution in [3.63, 3.8) is 0 Å². The minimum atomic E-state index is -3.63. The number of nitrogens with one attached hydrogen (secondary N) is 2. The third-order valence-electron chi connectivity index (χ3n) is 2.53. The SMILES string of the molecule is O=S(=O)(Nc1ccc2[nH]ccc2c1)c1cnc(Cl)s1. The number of aromatic amines is 1. The number of rotatable bonds is 3. The van der Waals surface area contributed by atoms with Gasteiger partial charge in [-0.1, -0.05) is 22.9 Å². The van der Waals surface area contributed by atoms with Crippen LogP contribution in [0, 0.1) is 0 Å². The van der Waals surface area contributed by atoms with Gasteiger partial charge in [0, 0.05) is 22.8 Å². The van der Waals surface area contributed by atoms with Crippen molar-refractivity contribution in [3.05, 3.63) is 41.1 Å². The summed E-state index contributed by atoms with van der Waals surface area (Å²) in [5, 5.41) is 0.933. The standard InChI is InChI=1S/C11H8ClN3O2S2/c12-11-14-6-10(18-11)19(16,17)15-8-1-2-9-7(5-8)3-4-13-9/h1-6,13,15H. The lowest BCUT2D eigenvalue weighted by molar-refractivity contribution is 0.603. The van der Waals surface area contributed by atoms with Crippen molar-refractivity contribution < 1.29 is 8.42 Å². The van der Waals surface area contributed by atoms with E-state index in [1.807, 2.05) is 12.1 Å². The van der Waals surface area contributed by atoms with Crippen LogP contribution in [0.2, 0.25) is 4.47 Å².